The topological polar surface area (TPSA) is 25.2 Å². The predicted molar refractivity (Wildman–Crippen MR) is 81.2 cm³/mol. The highest BCUT2D eigenvalue weighted by atomic mass is 79.9. The van der Waals surface area contributed by atoms with Crippen LogP contribution < -0.4 is 5.32 Å². The van der Waals surface area contributed by atoms with Gasteiger partial charge in [-0.2, -0.15) is 0 Å². The van der Waals surface area contributed by atoms with Crippen LogP contribution >= 0.6 is 15.9 Å². The van der Waals surface area contributed by atoms with E-state index < -0.39 is 17.7 Å². The molecule has 2 nitrogen and oxygen atoms in total. The van der Waals surface area contributed by atoms with Crippen molar-refractivity contribution < 1.29 is 13.2 Å². The third kappa shape index (κ3) is 2.59. The average Bonchev–Trinajstić information content (AvgIpc) is 2.85. The molecule has 1 atom stereocenters. The third-order valence-corrected chi connectivity index (χ3v) is 3.81. The fourth-order valence-corrected chi connectivity index (χ4v) is 2.80. The first kappa shape index (κ1) is 14.2. The number of para-hydroxylation sites is 1. The zero-order valence-electron chi connectivity index (χ0n) is 11.2. The Kier molecular flexibility index (Phi) is 3.78. The number of hydrogen-bond donors (Lipinski definition) is 1. The van der Waals surface area contributed by atoms with E-state index >= 15 is 0 Å². The molecule has 1 unspecified atom stereocenters. The molecule has 108 valence electrons. The number of nitrogens with one attached hydrogen (secondary N) is 1. The van der Waals surface area contributed by atoms with Gasteiger partial charge in [-0.25, -0.2) is 8.78 Å². The minimum Gasteiger partial charge on any atom is -0.459 e. The van der Waals surface area contributed by atoms with Crippen molar-refractivity contribution in [2.24, 2.45) is 0 Å². The zero-order valence-corrected chi connectivity index (χ0v) is 12.7. The first-order chi connectivity index (χ1) is 10.1. The molecule has 3 aromatic rings. The summed E-state index contributed by atoms with van der Waals surface area (Å²) >= 11 is 3.08. The molecule has 2 aromatic carbocycles. The first-order valence-corrected chi connectivity index (χ1v) is 7.19. The van der Waals surface area contributed by atoms with Crippen LogP contribution in [0.1, 0.15) is 17.4 Å². The van der Waals surface area contributed by atoms with Gasteiger partial charge >= 0.3 is 0 Å². The summed E-state index contributed by atoms with van der Waals surface area (Å²) in [6, 6.07) is 11.0. The minimum absolute atomic E-state index is 0.0558. The average molecular weight is 352 g/mol. The fourth-order valence-electron chi connectivity index (χ4n) is 2.40. The standard InChI is InChI=1S/C16H12BrF2NO/c1-20-16(15-11(18)7-10(17)8-12(15)19)14-6-9-4-2-3-5-13(9)21-14/h2-8,16,20H,1H3. The summed E-state index contributed by atoms with van der Waals surface area (Å²) in [5, 5.41) is 3.80. The highest BCUT2D eigenvalue weighted by molar-refractivity contribution is 9.10. The van der Waals surface area contributed by atoms with Crippen LogP contribution in [0, 0.1) is 11.6 Å². The molecule has 0 amide bonds. The largest absolute Gasteiger partial charge is 0.459 e. The van der Waals surface area contributed by atoms with Crippen molar-refractivity contribution >= 4 is 26.9 Å². The van der Waals surface area contributed by atoms with Gasteiger partial charge < -0.3 is 9.73 Å². The lowest BCUT2D eigenvalue weighted by Gasteiger charge is -2.16. The van der Waals surface area contributed by atoms with E-state index in [-0.39, 0.29) is 5.56 Å². The number of rotatable bonds is 3. The lowest BCUT2D eigenvalue weighted by Crippen LogP contribution is -2.20. The third-order valence-electron chi connectivity index (χ3n) is 3.35. The quantitative estimate of drug-likeness (QED) is 0.734. The highest BCUT2D eigenvalue weighted by Crippen LogP contribution is 2.32. The molecular formula is C16H12BrF2NO. The van der Waals surface area contributed by atoms with E-state index in [1.54, 1.807) is 13.1 Å². The minimum atomic E-state index is -0.689. The number of halogens is 3. The second-order valence-electron chi connectivity index (χ2n) is 4.69. The molecule has 0 aliphatic carbocycles. The molecule has 0 saturated carbocycles. The van der Waals surface area contributed by atoms with Crippen LogP contribution in [-0.2, 0) is 0 Å². The van der Waals surface area contributed by atoms with E-state index in [9.17, 15) is 8.78 Å². The molecule has 1 N–H and O–H groups in total. The molecule has 0 fully saturated rings. The zero-order chi connectivity index (χ0) is 15.0. The van der Waals surface area contributed by atoms with Crippen LogP contribution in [0.3, 0.4) is 0 Å². The fraction of sp³-hybridized carbons (Fsp3) is 0.125. The number of benzene rings is 2. The van der Waals surface area contributed by atoms with E-state index in [0.717, 1.165) is 5.39 Å². The van der Waals surface area contributed by atoms with Crippen molar-refractivity contribution in [3.05, 3.63) is 69.9 Å². The Bertz CT molecular complexity index is 744. The Morgan fingerprint density at radius 3 is 2.38 bits per heavy atom. The summed E-state index contributed by atoms with van der Waals surface area (Å²) in [6.07, 6.45) is 0. The molecule has 5 heteroatoms. The number of hydrogen-bond acceptors (Lipinski definition) is 2. The van der Waals surface area contributed by atoms with E-state index in [2.05, 4.69) is 21.2 Å². The Morgan fingerprint density at radius 1 is 1.10 bits per heavy atom. The van der Waals surface area contributed by atoms with E-state index in [0.29, 0.717) is 15.8 Å². The van der Waals surface area contributed by atoms with Crippen LogP contribution in [0.25, 0.3) is 11.0 Å². The number of furan rings is 1. The predicted octanol–water partition coefficient (Wildman–Crippen LogP) is 4.78. The SMILES string of the molecule is CNC(c1cc2ccccc2o1)c1c(F)cc(Br)cc1F. The molecular weight excluding hydrogens is 340 g/mol. The van der Waals surface area contributed by atoms with E-state index in [1.807, 2.05) is 24.3 Å². The summed E-state index contributed by atoms with van der Waals surface area (Å²) < 4.78 is 34.3. The molecule has 0 bridgehead atoms. The normalized spacial score (nSPS) is 12.8. The maximum absolute atomic E-state index is 14.1. The molecule has 21 heavy (non-hydrogen) atoms. The molecule has 0 saturated heterocycles. The Hall–Kier alpha value is -1.72. The van der Waals surface area contributed by atoms with Gasteiger partial charge in [0.25, 0.3) is 0 Å². The van der Waals surface area contributed by atoms with Crippen molar-refractivity contribution in [2.75, 3.05) is 7.05 Å². The smallest absolute Gasteiger partial charge is 0.134 e. The Morgan fingerprint density at radius 2 is 1.76 bits per heavy atom. The monoisotopic (exact) mass is 351 g/mol. The number of fused-ring (bicyclic) bond motifs is 1. The Labute approximate surface area is 128 Å². The molecule has 0 aliphatic rings. The van der Waals surface area contributed by atoms with Gasteiger partial charge in [-0.05, 0) is 31.3 Å². The van der Waals surface area contributed by atoms with Crippen LogP contribution in [0.4, 0.5) is 8.78 Å². The van der Waals surface area contributed by atoms with E-state index in [1.165, 1.54) is 12.1 Å². The summed E-state index contributed by atoms with van der Waals surface area (Å²) in [4.78, 5) is 0. The lowest BCUT2D eigenvalue weighted by atomic mass is 10.0. The van der Waals surface area contributed by atoms with Crippen LogP contribution in [0.5, 0.6) is 0 Å². The van der Waals surface area contributed by atoms with Crippen molar-refractivity contribution in [1.82, 2.24) is 5.32 Å². The second-order valence-corrected chi connectivity index (χ2v) is 5.61. The van der Waals surface area contributed by atoms with Crippen molar-refractivity contribution in [3.63, 3.8) is 0 Å². The van der Waals surface area contributed by atoms with Gasteiger partial charge in [0, 0.05) is 15.4 Å². The summed E-state index contributed by atoms with van der Waals surface area (Å²) in [5.74, 6) is -0.776. The molecule has 1 heterocycles. The second kappa shape index (κ2) is 5.58. The molecule has 3 rings (SSSR count). The maximum Gasteiger partial charge on any atom is 0.134 e. The van der Waals surface area contributed by atoms with Gasteiger partial charge in [0.15, 0.2) is 0 Å². The summed E-state index contributed by atoms with van der Waals surface area (Å²) in [7, 11) is 1.64. The van der Waals surface area contributed by atoms with Gasteiger partial charge in [-0.3, -0.25) is 0 Å². The van der Waals surface area contributed by atoms with Gasteiger partial charge in [0.2, 0.25) is 0 Å². The van der Waals surface area contributed by atoms with Gasteiger partial charge in [0.1, 0.15) is 23.0 Å². The highest BCUT2D eigenvalue weighted by Gasteiger charge is 2.24. The van der Waals surface area contributed by atoms with Crippen LogP contribution in [0.2, 0.25) is 0 Å². The van der Waals surface area contributed by atoms with Gasteiger partial charge in [0.05, 0.1) is 6.04 Å². The summed E-state index contributed by atoms with van der Waals surface area (Å²) in [5.41, 5.74) is 0.630. The Balaban J connectivity index is 2.14. The van der Waals surface area contributed by atoms with Crippen LogP contribution in [-0.4, -0.2) is 7.05 Å². The molecule has 0 spiro atoms. The molecule has 1 aromatic heterocycles. The molecule has 0 aliphatic heterocycles. The van der Waals surface area contributed by atoms with Crippen LogP contribution in [0.15, 0.2) is 51.4 Å². The van der Waals surface area contributed by atoms with Crippen molar-refractivity contribution in [1.29, 1.82) is 0 Å². The van der Waals surface area contributed by atoms with Gasteiger partial charge in [-0.1, -0.05) is 34.1 Å². The summed E-state index contributed by atoms with van der Waals surface area (Å²) in [6.45, 7) is 0. The first-order valence-electron chi connectivity index (χ1n) is 6.40. The van der Waals surface area contributed by atoms with E-state index in [4.69, 9.17) is 4.42 Å². The van der Waals surface area contributed by atoms with Gasteiger partial charge in [-0.15, -0.1) is 0 Å². The lowest BCUT2D eigenvalue weighted by molar-refractivity contribution is 0.456. The van der Waals surface area contributed by atoms with Crippen molar-refractivity contribution in [2.45, 2.75) is 6.04 Å². The van der Waals surface area contributed by atoms with Crippen molar-refractivity contribution in [3.8, 4) is 0 Å². The molecule has 0 radical (unpaired) electrons. The maximum atomic E-state index is 14.1.